The highest BCUT2D eigenvalue weighted by Crippen LogP contribution is 2.34. The maximum atomic E-state index is 15.8. The molecule has 3 aromatic rings. The number of hydrogen-bond acceptors (Lipinski definition) is 6. The summed E-state index contributed by atoms with van der Waals surface area (Å²) in [5.74, 6) is -0.749. The molecule has 0 radical (unpaired) electrons. The second kappa shape index (κ2) is 10.4. The fraction of sp³-hybridized carbons (Fsp3) is 0.417. The van der Waals surface area contributed by atoms with Gasteiger partial charge in [0, 0.05) is 30.7 Å². The molecule has 1 saturated heterocycles. The number of fused-ring (bicyclic) bond motifs is 1. The summed E-state index contributed by atoms with van der Waals surface area (Å²) in [5.41, 5.74) is 3.62. The zero-order chi connectivity index (χ0) is 24.5. The maximum Gasteiger partial charge on any atom is 0.277 e. The van der Waals surface area contributed by atoms with Gasteiger partial charge in [-0.3, -0.25) is 14.5 Å². The van der Waals surface area contributed by atoms with Gasteiger partial charge >= 0.3 is 0 Å². The summed E-state index contributed by atoms with van der Waals surface area (Å²) in [5, 5.41) is 13.1. The second-order valence-electron chi connectivity index (χ2n) is 9.10. The van der Waals surface area contributed by atoms with Crippen LogP contribution in [0.1, 0.15) is 29.6 Å². The number of β-amino-alcohol motifs (C(OH)–C–C–N with tert-alkyl or cyclic N) is 1. The Labute approximate surface area is 215 Å². The highest BCUT2D eigenvalue weighted by atomic mass is 79.9. The third kappa shape index (κ3) is 5.62. The second-order valence-corrected chi connectivity index (χ2v) is 10.4. The number of likely N-dealkylation sites (tertiary alicyclic amines) is 1. The van der Waals surface area contributed by atoms with Gasteiger partial charge in [0.2, 0.25) is 0 Å². The summed E-state index contributed by atoms with van der Waals surface area (Å²) in [7, 11) is 0. The number of anilines is 2. The molecule has 1 atom stereocenters. The van der Waals surface area contributed by atoms with Gasteiger partial charge in [0.25, 0.3) is 5.91 Å². The number of carbonyl (C=O) groups excluding carboxylic acids is 1. The SMILES string of the molecule is O=C(NOCC1CC1)c1cc2c(ncn2CCN2CCC(O)C2)c(F)c1Nc1ccc(Br)cc1Cl. The van der Waals surface area contributed by atoms with Crippen molar-refractivity contribution in [3.8, 4) is 0 Å². The molecule has 8 nitrogen and oxygen atoms in total. The van der Waals surface area contributed by atoms with Crippen LogP contribution in [-0.4, -0.2) is 57.8 Å². The van der Waals surface area contributed by atoms with Crippen molar-refractivity contribution in [2.24, 2.45) is 5.92 Å². The zero-order valence-corrected chi connectivity index (χ0v) is 21.3. The van der Waals surface area contributed by atoms with E-state index in [9.17, 15) is 9.90 Å². The minimum atomic E-state index is -0.649. The highest BCUT2D eigenvalue weighted by Gasteiger charge is 2.25. The number of hydroxylamine groups is 1. The molecule has 1 aromatic heterocycles. The number of benzene rings is 2. The molecule has 5 rings (SSSR count). The van der Waals surface area contributed by atoms with Crippen LogP contribution in [0.4, 0.5) is 15.8 Å². The molecule has 1 aliphatic heterocycles. The average molecular weight is 567 g/mol. The van der Waals surface area contributed by atoms with E-state index in [1.54, 1.807) is 30.6 Å². The van der Waals surface area contributed by atoms with Crippen LogP contribution in [0, 0.1) is 11.7 Å². The minimum absolute atomic E-state index is 0.0258. The molecule has 0 bridgehead atoms. The van der Waals surface area contributed by atoms with E-state index in [2.05, 4.69) is 36.6 Å². The number of aliphatic hydroxyl groups is 1. The number of imidazole rings is 1. The molecule has 1 saturated carbocycles. The van der Waals surface area contributed by atoms with Crippen LogP contribution in [0.15, 0.2) is 35.1 Å². The first kappa shape index (κ1) is 24.5. The number of hydrogen-bond donors (Lipinski definition) is 3. The zero-order valence-electron chi connectivity index (χ0n) is 18.9. The Kier molecular flexibility index (Phi) is 7.26. The van der Waals surface area contributed by atoms with Crippen molar-refractivity contribution >= 4 is 55.8 Å². The first-order valence-corrected chi connectivity index (χ1v) is 12.8. The average Bonchev–Trinajstić information content (AvgIpc) is 3.41. The highest BCUT2D eigenvalue weighted by molar-refractivity contribution is 9.10. The lowest BCUT2D eigenvalue weighted by molar-refractivity contribution is 0.0271. The number of rotatable bonds is 9. The smallest absolute Gasteiger partial charge is 0.277 e. The molecule has 2 aliphatic rings. The standard InChI is InChI=1S/C24H26BrClFN5O3/c25-15-3-4-19(18(26)9-15)29-22-17(24(34)30-35-12-14-1-2-14)10-20-23(21(22)27)28-13-32(20)8-7-31-6-5-16(33)11-31/h3-4,9-10,13-14,16,29,33H,1-2,5-8,11-12H2,(H,30,34). The summed E-state index contributed by atoms with van der Waals surface area (Å²) in [6.07, 6.45) is 4.17. The molecule has 186 valence electrons. The van der Waals surface area contributed by atoms with E-state index >= 15 is 4.39 Å². The van der Waals surface area contributed by atoms with Crippen LogP contribution in [0.3, 0.4) is 0 Å². The van der Waals surface area contributed by atoms with E-state index in [1.165, 1.54) is 0 Å². The van der Waals surface area contributed by atoms with Crippen molar-refractivity contribution in [2.75, 3.05) is 31.6 Å². The summed E-state index contributed by atoms with van der Waals surface area (Å²) >= 11 is 9.70. The molecule has 3 N–H and O–H groups in total. The van der Waals surface area contributed by atoms with Gasteiger partial charge in [-0.2, -0.15) is 0 Å². The molecule has 35 heavy (non-hydrogen) atoms. The van der Waals surface area contributed by atoms with Crippen LogP contribution in [0.2, 0.25) is 5.02 Å². The summed E-state index contributed by atoms with van der Waals surface area (Å²) in [4.78, 5) is 24.9. The van der Waals surface area contributed by atoms with E-state index in [4.69, 9.17) is 16.4 Å². The van der Waals surface area contributed by atoms with Crippen molar-refractivity contribution in [3.05, 3.63) is 51.5 Å². The van der Waals surface area contributed by atoms with Crippen molar-refractivity contribution in [1.82, 2.24) is 19.9 Å². The summed E-state index contributed by atoms with van der Waals surface area (Å²) in [6, 6.07) is 6.77. The Bertz CT molecular complexity index is 1250. The molecule has 1 unspecified atom stereocenters. The molecule has 2 heterocycles. The normalized spacial score (nSPS) is 18.3. The molecule has 1 amide bonds. The van der Waals surface area contributed by atoms with Gasteiger partial charge in [0.15, 0.2) is 5.82 Å². The lowest BCUT2D eigenvalue weighted by Crippen LogP contribution is -2.26. The fourth-order valence-electron chi connectivity index (χ4n) is 4.19. The lowest BCUT2D eigenvalue weighted by Gasteiger charge is -2.17. The van der Waals surface area contributed by atoms with Gasteiger partial charge in [0.1, 0.15) is 5.52 Å². The Morgan fingerprint density at radius 2 is 2.11 bits per heavy atom. The minimum Gasteiger partial charge on any atom is -0.392 e. The third-order valence-corrected chi connectivity index (χ3v) is 7.18. The Morgan fingerprint density at radius 3 is 2.83 bits per heavy atom. The largest absolute Gasteiger partial charge is 0.392 e. The quantitative estimate of drug-likeness (QED) is 0.331. The molecule has 0 spiro atoms. The van der Waals surface area contributed by atoms with Crippen LogP contribution < -0.4 is 10.8 Å². The first-order chi connectivity index (χ1) is 16.9. The fourth-order valence-corrected chi connectivity index (χ4v) is 4.91. The number of halogens is 3. The number of carbonyl (C=O) groups is 1. The number of aliphatic hydroxyl groups excluding tert-OH is 1. The van der Waals surface area contributed by atoms with Gasteiger partial charge in [-0.1, -0.05) is 27.5 Å². The third-order valence-electron chi connectivity index (χ3n) is 6.38. The molecular weight excluding hydrogens is 541 g/mol. The predicted molar refractivity (Wildman–Crippen MR) is 135 cm³/mol. The topological polar surface area (TPSA) is 91.7 Å². The Hall–Kier alpha value is -2.24. The van der Waals surface area contributed by atoms with Crippen molar-refractivity contribution in [2.45, 2.75) is 31.9 Å². The van der Waals surface area contributed by atoms with E-state index in [0.717, 1.165) is 30.3 Å². The van der Waals surface area contributed by atoms with Crippen LogP contribution in [0.25, 0.3) is 11.0 Å². The van der Waals surface area contributed by atoms with E-state index < -0.39 is 11.7 Å². The predicted octanol–water partition coefficient (Wildman–Crippen LogP) is 4.47. The van der Waals surface area contributed by atoms with Crippen LogP contribution in [-0.2, 0) is 11.4 Å². The maximum absolute atomic E-state index is 15.8. The van der Waals surface area contributed by atoms with E-state index in [1.807, 2.05) is 4.57 Å². The molecular formula is C24H26BrClFN5O3. The number of amides is 1. The lowest BCUT2D eigenvalue weighted by atomic mass is 10.1. The molecule has 1 aliphatic carbocycles. The summed E-state index contributed by atoms with van der Waals surface area (Å²) < 4.78 is 18.4. The molecule has 11 heteroatoms. The van der Waals surface area contributed by atoms with E-state index in [-0.39, 0.29) is 22.9 Å². The van der Waals surface area contributed by atoms with Gasteiger partial charge in [-0.05, 0) is 49.4 Å². The Balaban J connectivity index is 1.46. The summed E-state index contributed by atoms with van der Waals surface area (Å²) in [6.45, 7) is 3.10. The first-order valence-electron chi connectivity index (χ1n) is 11.6. The van der Waals surface area contributed by atoms with Crippen molar-refractivity contribution < 1.29 is 19.1 Å². The van der Waals surface area contributed by atoms with Gasteiger partial charge in [-0.15, -0.1) is 0 Å². The number of nitrogens with zero attached hydrogens (tertiary/aromatic N) is 3. The molecule has 2 aromatic carbocycles. The number of nitrogens with one attached hydrogen (secondary N) is 2. The van der Waals surface area contributed by atoms with Crippen molar-refractivity contribution in [1.29, 1.82) is 0 Å². The molecule has 2 fully saturated rings. The van der Waals surface area contributed by atoms with Crippen LogP contribution in [0.5, 0.6) is 0 Å². The number of aromatic nitrogens is 2. The van der Waals surface area contributed by atoms with Gasteiger partial charge in [-0.25, -0.2) is 14.9 Å². The van der Waals surface area contributed by atoms with Crippen molar-refractivity contribution in [3.63, 3.8) is 0 Å². The van der Waals surface area contributed by atoms with Gasteiger partial charge < -0.3 is 15.0 Å². The van der Waals surface area contributed by atoms with E-state index in [0.29, 0.717) is 48.4 Å². The van der Waals surface area contributed by atoms with Crippen LogP contribution >= 0.6 is 27.5 Å². The van der Waals surface area contributed by atoms with Gasteiger partial charge in [0.05, 0.1) is 46.5 Å². The monoisotopic (exact) mass is 565 g/mol. The Morgan fingerprint density at radius 1 is 1.29 bits per heavy atom.